The molecule has 2 aromatic rings. The van der Waals surface area contributed by atoms with Crippen LogP contribution in [0.25, 0.3) is 0 Å². The van der Waals surface area contributed by atoms with Crippen molar-refractivity contribution in [2.45, 2.75) is 13.8 Å². The van der Waals surface area contributed by atoms with Crippen molar-refractivity contribution in [3.8, 4) is 5.75 Å². The minimum absolute atomic E-state index is 0.0246. The highest BCUT2D eigenvalue weighted by atomic mass is 16.5. The van der Waals surface area contributed by atoms with Crippen LogP contribution in [0, 0.1) is 0 Å². The van der Waals surface area contributed by atoms with Gasteiger partial charge in [0.1, 0.15) is 12.3 Å². The second kappa shape index (κ2) is 9.94. The predicted octanol–water partition coefficient (Wildman–Crippen LogP) is 2.88. The molecular formula is C25H30N4O4. The Bertz CT molecular complexity index is 998. The smallest absolute Gasteiger partial charge is 0.325 e. The maximum absolute atomic E-state index is 12.9. The number of rotatable bonds is 7. The molecule has 2 saturated heterocycles. The Morgan fingerprint density at radius 3 is 2.09 bits per heavy atom. The summed E-state index contributed by atoms with van der Waals surface area (Å²) >= 11 is 0. The molecule has 0 bridgehead atoms. The third kappa shape index (κ3) is 5.10. The molecule has 33 heavy (non-hydrogen) atoms. The van der Waals surface area contributed by atoms with Crippen LogP contribution in [0.4, 0.5) is 16.2 Å². The largest absolute Gasteiger partial charge is 0.494 e. The number of ketones is 1. The van der Waals surface area contributed by atoms with E-state index < -0.39 is 0 Å². The summed E-state index contributed by atoms with van der Waals surface area (Å²) < 4.78 is 5.46. The van der Waals surface area contributed by atoms with Crippen molar-refractivity contribution in [3.63, 3.8) is 0 Å². The number of amides is 3. The molecule has 0 spiro atoms. The summed E-state index contributed by atoms with van der Waals surface area (Å²) in [5, 5.41) is 0. The lowest BCUT2D eigenvalue weighted by atomic mass is 10.1. The zero-order chi connectivity index (χ0) is 23.4. The SMILES string of the molecule is CCOc1ccc(N2CCN(CC(=O)N3CCN(c4ccc(C(C)=O)cc4)CC3)C2=O)cc1. The number of urea groups is 1. The number of carbonyl (C=O) groups is 3. The van der Waals surface area contributed by atoms with E-state index in [1.807, 2.05) is 60.4 Å². The van der Waals surface area contributed by atoms with Crippen LogP contribution in [0.15, 0.2) is 48.5 Å². The highest BCUT2D eigenvalue weighted by Gasteiger charge is 2.32. The van der Waals surface area contributed by atoms with Gasteiger partial charge in [0.05, 0.1) is 6.61 Å². The molecular weight excluding hydrogens is 420 g/mol. The molecule has 0 aliphatic carbocycles. The van der Waals surface area contributed by atoms with Crippen LogP contribution in [0.2, 0.25) is 0 Å². The van der Waals surface area contributed by atoms with E-state index >= 15 is 0 Å². The van der Waals surface area contributed by atoms with Crippen LogP contribution in [-0.4, -0.2) is 79.9 Å². The molecule has 0 aromatic heterocycles. The van der Waals surface area contributed by atoms with E-state index in [1.54, 1.807) is 16.7 Å². The van der Waals surface area contributed by atoms with Crippen molar-refractivity contribution in [2.24, 2.45) is 0 Å². The first-order valence-electron chi connectivity index (χ1n) is 11.4. The molecule has 3 amide bonds. The lowest BCUT2D eigenvalue weighted by Crippen LogP contribution is -2.51. The first-order chi connectivity index (χ1) is 16.0. The Labute approximate surface area is 194 Å². The molecule has 0 unspecified atom stereocenters. The molecule has 0 atom stereocenters. The molecule has 0 saturated carbocycles. The molecule has 2 heterocycles. The Kier molecular flexibility index (Phi) is 6.82. The van der Waals surface area contributed by atoms with Gasteiger partial charge in [-0.2, -0.15) is 0 Å². The fraction of sp³-hybridized carbons (Fsp3) is 0.400. The first kappa shape index (κ1) is 22.6. The van der Waals surface area contributed by atoms with Gasteiger partial charge in [0.2, 0.25) is 5.91 Å². The van der Waals surface area contributed by atoms with Crippen LogP contribution < -0.4 is 14.5 Å². The number of Topliss-reactive ketones (excluding diaryl/α,β-unsaturated/α-hetero) is 1. The maximum Gasteiger partial charge on any atom is 0.325 e. The number of benzene rings is 2. The van der Waals surface area contributed by atoms with E-state index in [0.29, 0.717) is 38.3 Å². The van der Waals surface area contributed by atoms with E-state index in [2.05, 4.69) is 4.90 Å². The highest BCUT2D eigenvalue weighted by molar-refractivity contribution is 5.96. The van der Waals surface area contributed by atoms with Crippen molar-refractivity contribution < 1.29 is 19.1 Å². The molecule has 2 aliphatic heterocycles. The molecule has 174 valence electrons. The van der Waals surface area contributed by atoms with Crippen LogP contribution in [0.1, 0.15) is 24.2 Å². The standard InChI is InChI=1S/C25H30N4O4/c1-3-33-23-10-8-22(9-11-23)29-17-16-28(25(29)32)18-24(31)27-14-12-26(13-15-27)21-6-4-20(5-7-21)19(2)30/h4-11H,3,12-18H2,1-2H3. The van der Waals surface area contributed by atoms with Gasteiger partial charge < -0.3 is 19.4 Å². The fourth-order valence-corrected chi connectivity index (χ4v) is 4.24. The van der Waals surface area contributed by atoms with Gasteiger partial charge in [-0.05, 0) is 62.4 Å². The summed E-state index contributed by atoms with van der Waals surface area (Å²) in [6.45, 7) is 7.92. The second-order valence-corrected chi connectivity index (χ2v) is 8.25. The highest BCUT2D eigenvalue weighted by Crippen LogP contribution is 2.24. The molecule has 2 aliphatic rings. The summed E-state index contributed by atoms with van der Waals surface area (Å²) in [5.74, 6) is 0.798. The van der Waals surface area contributed by atoms with E-state index in [0.717, 1.165) is 30.2 Å². The minimum Gasteiger partial charge on any atom is -0.494 e. The van der Waals surface area contributed by atoms with Crippen LogP contribution >= 0.6 is 0 Å². The summed E-state index contributed by atoms with van der Waals surface area (Å²) in [7, 11) is 0. The van der Waals surface area contributed by atoms with Crippen molar-refractivity contribution in [1.29, 1.82) is 0 Å². The Morgan fingerprint density at radius 1 is 0.848 bits per heavy atom. The number of anilines is 2. The van der Waals surface area contributed by atoms with Gasteiger partial charge in [-0.3, -0.25) is 14.5 Å². The lowest BCUT2D eigenvalue weighted by molar-refractivity contribution is -0.131. The Balaban J connectivity index is 1.28. The minimum atomic E-state index is -0.142. The molecule has 2 aromatic carbocycles. The van der Waals surface area contributed by atoms with E-state index in [1.165, 1.54) is 0 Å². The quantitative estimate of drug-likeness (QED) is 0.607. The molecule has 8 nitrogen and oxygen atoms in total. The van der Waals surface area contributed by atoms with Gasteiger partial charge in [-0.25, -0.2) is 4.79 Å². The van der Waals surface area contributed by atoms with Crippen molar-refractivity contribution in [3.05, 3.63) is 54.1 Å². The van der Waals surface area contributed by atoms with Gasteiger partial charge in [0.15, 0.2) is 5.78 Å². The van der Waals surface area contributed by atoms with Crippen molar-refractivity contribution >= 4 is 29.1 Å². The molecule has 0 radical (unpaired) electrons. The third-order valence-corrected chi connectivity index (χ3v) is 6.15. The second-order valence-electron chi connectivity index (χ2n) is 8.25. The third-order valence-electron chi connectivity index (χ3n) is 6.15. The normalized spacial score (nSPS) is 16.4. The molecule has 0 N–H and O–H groups in total. The summed E-state index contributed by atoms with van der Waals surface area (Å²) in [6, 6.07) is 14.9. The number of hydrogen-bond acceptors (Lipinski definition) is 5. The lowest BCUT2D eigenvalue weighted by Gasteiger charge is -2.36. The average molecular weight is 451 g/mol. The summed E-state index contributed by atoms with van der Waals surface area (Å²) in [5.41, 5.74) is 2.55. The zero-order valence-corrected chi connectivity index (χ0v) is 19.2. The van der Waals surface area contributed by atoms with Crippen LogP contribution in [0.5, 0.6) is 5.75 Å². The average Bonchev–Trinajstić information content (AvgIpc) is 3.20. The molecule has 2 fully saturated rings. The van der Waals surface area contributed by atoms with Crippen molar-refractivity contribution in [1.82, 2.24) is 9.80 Å². The Morgan fingerprint density at radius 2 is 1.48 bits per heavy atom. The van der Waals surface area contributed by atoms with Gasteiger partial charge in [-0.1, -0.05) is 0 Å². The van der Waals surface area contributed by atoms with Gasteiger partial charge in [-0.15, -0.1) is 0 Å². The topological polar surface area (TPSA) is 73.4 Å². The van der Waals surface area contributed by atoms with Gasteiger partial charge in [0, 0.05) is 56.2 Å². The predicted molar refractivity (Wildman–Crippen MR) is 127 cm³/mol. The monoisotopic (exact) mass is 450 g/mol. The van der Waals surface area contributed by atoms with Gasteiger partial charge in [0.25, 0.3) is 0 Å². The van der Waals surface area contributed by atoms with E-state index in [4.69, 9.17) is 4.74 Å². The maximum atomic E-state index is 12.9. The Hall–Kier alpha value is -3.55. The van der Waals surface area contributed by atoms with Crippen LogP contribution in [-0.2, 0) is 4.79 Å². The molecule has 8 heteroatoms. The zero-order valence-electron chi connectivity index (χ0n) is 19.2. The number of nitrogens with zero attached hydrogens (tertiary/aromatic N) is 4. The number of piperazine rings is 1. The number of carbonyl (C=O) groups excluding carboxylic acids is 3. The van der Waals surface area contributed by atoms with Crippen LogP contribution in [0.3, 0.4) is 0 Å². The fourth-order valence-electron chi connectivity index (χ4n) is 4.24. The van der Waals surface area contributed by atoms with Gasteiger partial charge >= 0.3 is 6.03 Å². The molecule has 4 rings (SSSR count). The van der Waals surface area contributed by atoms with E-state index in [9.17, 15) is 14.4 Å². The summed E-state index contributed by atoms with van der Waals surface area (Å²) in [6.07, 6.45) is 0. The summed E-state index contributed by atoms with van der Waals surface area (Å²) in [4.78, 5) is 44.5. The van der Waals surface area contributed by atoms with E-state index in [-0.39, 0.29) is 24.3 Å². The first-order valence-corrected chi connectivity index (χ1v) is 11.4. The number of hydrogen-bond donors (Lipinski definition) is 0. The number of ether oxygens (including phenoxy) is 1. The van der Waals surface area contributed by atoms with Crippen molar-refractivity contribution in [2.75, 3.05) is 62.2 Å².